The minimum absolute atomic E-state index is 0.111. The van der Waals surface area contributed by atoms with Gasteiger partial charge in [-0.3, -0.25) is 9.59 Å². The van der Waals surface area contributed by atoms with Crippen LogP contribution < -0.4 is 14.8 Å². The predicted octanol–water partition coefficient (Wildman–Crippen LogP) is 2.43. The van der Waals surface area contributed by atoms with E-state index in [1.807, 2.05) is 25.1 Å². The molecule has 0 unspecified atom stereocenters. The van der Waals surface area contributed by atoms with Crippen LogP contribution >= 0.6 is 11.3 Å². The molecule has 1 aromatic carbocycles. The molecular formula is C18H22N2O5S. The number of rotatable bonds is 10. The van der Waals surface area contributed by atoms with Crippen LogP contribution in [-0.4, -0.2) is 35.7 Å². The van der Waals surface area contributed by atoms with Crippen LogP contribution in [0.25, 0.3) is 0 Å². The van der Waals surface area contributed by atoms with E-state index in [2.05, 4.69) is 10.3 Å². The number of aliphatic carboxylic acids is 1. The molecule has 7 nitrogen and oxygen atoms in total. The van der Waals surface area contributed by atoms with Gasteiger partial charge in [-0.2, -0.15) is 0 Å². The summed E-state index contributed by atoms with van der Waals surface area (Å²) in [5, 5.41) is 13.9. The minimum atomic E-state index is -0.941. The number of benzene rings is 1. The highest BCUT2D eigenvalue weighted by molar-refractivity contribution is 7.09. The number of amides is 1. The molecule has 0 bridgehead atoms. The van der Waals surface area contributed by atoms with Gasteiger partial charge in [-0.25, -0.2) is 4.98 Å². The summed E-state index contributed by atoms with van der Waals surface area (Å²) >= 11 is 1.28. The van der Waals surface area contributed by atoms with E-state index in [1.54, 1.807) is 12.5 Å². The molecule has 0 fully saturated rings. The van der Waals surface area contributed by atoms with Gasteiger partial charge in [0.05, 0.1) is 32.3 Å². The molecule has 0 aliphatic heterocycles. The Labute approximate surface area is 156 Å². The van der Waals surface area contributed by atoms with Crippen LogP contribution in [0.1, 0.15) is 29.6 Å². The first-order chi connectivity index (χ1) is 12.5. The summed E-state index contributed by atoms with van der Waals surface area (Å²) in [6.07, 6.45) is 0.839. The molecule has 0 spiro atoms. The van der Waals surface area contributed by atoms with Crippen molar-refractivity contribution in [3.8, 4) is 11.5 Å². The topological polar surface area (TPSA) is 97.8 Å². The molecule has 0 radical (unpaired) electrons. The molecule has 0 aliphatic rings. The largest absolute Gasteiger partial charge is 0.493 e. The van der Waals surface area contributed by atoms with Crippen LogP contribution in [0.4, 0.5) is 0 Å². The number of methoxy groups -OCH3 is 1. The van der Waals surface area contributed by atoms with Gasteiger partial charge in [0.25, 0.3) is 0 Å². The van der Waals surface area contributed by atoms with Gasteiger partial charge in [-0.15, -0.1) is 11.3 Å². The number of carboxylic acid groups (broad SMARTS) is 1. The van der Waals surface area contributed by atoms with Crippen molar-refractivity contribution in [1.29, 1.82) is 0 Å². The molecule has 1 heterocycles. The Kier molecular flexibility index (Phi) is 7.40. The number of para-hydroxylation sites is 1. The van der Waals surface area contributed by atoms with E-state index >= 15 is 0 Å². The fraction of sp³-hybridized carbons (Fsp3) is 0.389. The number of nitrogens with one attached hydrogen (secondary N) is 1. The number of hydrogen-bond donors (Lipinski definition) is 2. The SMILES string of the molecule is CCCOc1c(CNC(=O)Cc2nc(CC(=O)O)cs2)cccc1OC. The van der Waals surface area contributed by atoms with Crippen LogP contribution in [0, 0.1) is 0 Å². The predicted molar refractivity (Wildman–Crippen MR) is 97.8 cm³/mol. The summed E-state index contributed by atoms with van der Waals surface area (Å²) in [4.78, 5) is 27.0. The molecule has 0 atom stereocenters. The van der Waals surface area contributed by atoms with Crippen molar-refractivity contribution in [2.75, 3.05) is 13.7 Å². The standard InChI is InChI=1S/C18H22N2O5S/c1-3-7-25-18-12(5-4-6-14(18)24-2)10-19-15(21)9-16-20-13(11-26-16)8-17(22)23/h4-6,11H,3,7-10H2,1-2H3,(H,19,21)(H,22,23). The lowest BCUT2D eigenvalue weighted by Crippen LogP contribution is -2.25. The van der Waals surface area contributed by atoms with Crippen molar-refractivity contribution >= 4 is 23.2 Å². The number of nitrogens with zero attached hydrogens (tertiary/aromatic N) is 1. The second kappa shape index (κ2) is 9.76. The quantitative estimate of drug-likeness (QED) is 0.659. The summed E-state index contributed by atoms with van der Waals surface area (Å²) in [7, 11) is 1.58. The zero-order valence-corrected chi connectivity index (χ0v) is 15.6. The lowest BCUT2D eigenvalue weighted by atomic mass is 10.1. The van der Waals surface area contributed by atoms with E-state index in [4.69, 9.17) is 14.6 Å². The van der Waals surface area contributed by atoms with Crippen molar-refractivity contribution in [1.82, 2.24) is 10.3 Å². The number of aromatic nitrogens is 1. The van der Waals surface area contributed by atoms with Crippen molar-refractivity contribution < 1.29 is 24.2 Å². The Hall–Kier alpha value is -2.61. The van der Waals surface area contributed by atoms with E-state index in [9.17, 15) is 9.59 Å². The van der Waals surface area contributed by atoms with Crippen molar-refractivity contribution in [3.63, 3.8) is 0 Å². The van der Waals surface area contributed by atoms with Gasteiger partial charge < -0.3 is 19.9 Å². The van der Waals surface area contributed by atoms with E-state index in [-0.39, 0.29) is 18.7 Å². The first kappa shape index (κ1) is 19.7. The highest BCUT2D eigenvalue weighted by Gasteiger charge is 2.13. The van der Waals surface area contributed by atoms with Crippen LogP contribution in [0.5, 0.6) is 11.5 Å². The van der Waals surface area contributed by atoms with Crippen molar-refractivity contribution in [3.05, 3.63) is 39.8 Å². The number of ether oxygens (including phenoxy) is 2. The maximum Gasteiger partial charge on any atom is 0.309 e. The number of hydrogen-bond acceptors (Lipinski definition) is 6. The van der Waals surface area contributed by atoms with Crippen molar-refractivity contribution in [2.24, 2.45) is 0 Å². The highest BCUT2D eigenvalue weighted by atomic mass is 32.1. The maximum atomic E-state index is 12.2. The van der Waals surface area contributed by atoms with Gasteiger partial charge in [0.15, 0.2) is 11.5 Å². The van der Waals surface area contributed by atoms with Crippen LogP contribution in [0.2, 0.25) is 0 Å². The zero-order valence-electron chi connectivity index (χ0n) is 14.8. The second-order valence-electron chi connectivity index (χ2n) is 5.55. The van der Waals surface area contributed by atoms with Gasteiger partial charge in [-0.05, 0) is 12.5 Å². The summed E-state index contributed by atoms with van der Waals surface area (Å²) in [6, 6.07) is 5.54. The van der Waals surface area contributed by atoms with Crippen molar-refractivity contribution in [2.45, 2.75) is 32.7 Å². The third-order valence-corrected chi connectivity index (χ3v) is 4.35. The molecule has 1 amide bonds. The monoisotopic (exact) mass is 378 g/mol. The molecule has 0 saturated heterocycles. The number of carboxylic acids is 1. The van der Waals surface area contributed by atoms with E-state index in [0.717, 1.165) is 12.0 Å². The molecule has 2 aromatic rings. The summed E-state index contributed by atoms with van der Waals surface area (Å²) < 4.78 is 11.1. The Morgan fingerprint density at radius 1 is 1.31 bits per heavy atom. The molecular weight excluding hydrogens is 356 g/mol. The number of carbonyl (C=O) groups is 2. The Bertz CT molecular complexity index is 760. The molecule has 26 heavy (non-hydrogen) atoms. The lowest BCUT2D eigenvalue weighted by Gasteiger charge is -2.15. The number of carbonyl (C=O) groups excluding carboxylic acids is 1. The molecule has 8 heteroatoms. The first-order valence-electron chi connectivity index (χ1n) is 8.24. The third kappa shape index (κ3) is 5.73. The molecule has 0 aliphatic carbocycles. The van der Waals surface area contributed by atoms with Crippen LogP contribution in [0.15, 0.2) is 23.6 Å². The molecule has 0 saturated carbocycles. The van der Waals surface area contributed by atoms with Crippen LogP contribution in [0.3, 0.4) is 0 Å². The average Bonchev–Trinajstić information content (AvgIpc) is 3.04. The summed E-state index contributed by atoms with van der Waals surface area (Å²) in [5.74, 6) is 0.132. The van der Waals surface area contributed by atoms with Crippen LogP contribution in [-0.2, 0) is 29.0 Å². The molecule has 140 valence electrons. The van der Waals surface area contributed by atoms with Gasteiger partial charge in [-0.1, -0.05) is 19.1 Å². The molecule has 2 rings (SSSR count). The Balaban J connectivity index is 1.96. The van der Waals surface area contributed by atoms with E-state index in [0.29, 0.717) is 35.4 Å². The average molecular weight is 378 g/mol. The van der Waals surface area contributed by atoms with Gasteiger partial charge in [0.1, 0.15) is 5.01 Å². The Morgan fingerprint density at radius 3 is 2.81 bits per heavy atom. The highest BCUT2D eigenvalue weighted by Crippen LogP contribution is 2.31. The molecule has 1 aromatic heterocycles. The maximum absolute atomic E-state index is 12.2. The fourth-order valence-electron chi connectivity index (χ4n) is 2.29. The van der Waals surface area contributed by atoms with Gasteiger partial charge in [0, 0.05) is 17.5 Å². The normalized spacial score (nSPS) is 10.4. The smallest absolute Gasteiger partial charge is 0.309 e. The fourth-order valence-corrected chi connectivity index (χ4v) is 3.08. The summed E-state index contributed by atoms with van der Waals surface area (Å²) in [5.41, 5.74) is 1.30. The number of thiazole rings is 1. The van der Waals surface area contributed by atoms with Gasteiger partial charge in [0.2, 0.25) is 5.91 Å². The molecule has 2 N–H and O–H groups in total. The summed E-state index contributed by atoms with van der Waals surface area (Å²) in [6.45, 7) is 2.89. The minimum Gasteiger partial charge on any atom is -0.493 e. The first-order valence-corrected chi connectivity index (χ1v) is 9.11. The van der Waals surface area contributed by atoms with Gasteiger partial charge >= 0.3 is 5.97 Å². The zero-order chi connectivity index (χ0) is 18.9. The third-order valence-electron chi connectivity index (χ3n) is 3.45. The van der Waals surface area contributed by atoms with E-state index in [1.165, 1.54) is 11.3 Å². The van der Waals surface area contributed by atoms with E-state index < -0.39 is 5.97 Å². The Morgan fingerprint density at radius 2 is 2.12 bits per heavy atom. The lowest BCUT2D eigenvalue weighted by molar-refractivity contribution is -0.136. The second-order valence-corrected chi connectivity index (χ2v) is 6.50.